The Hall–Kier alpha value is -1.70. The summed E-state index contributed by atoms with van der Waals surface area (Å²) in [6.45, 7) is 4.02. The highest BCUT2D eigenvalue weighted by molar-refractivity contribution is 5.42. The maximum Gasteiger partial charge on any atom is 0.283 e. The van der Waals surface area contributed by atoms with E-state index in [9.17, 15) is 0 Å². The van der Waals surface area contributed by atoms with Gasteiger partial charge in [-0.05, 0) is 31.5 Å². The maximum atomic E-state index is 5.67. The monoisotopic (exact) mass is 305 g/mol. The normalized spacial score (nSPS) is 24.1. The Bertz CT molecular complexity index is 592. The fourth-order valence-corrected chi connectivity index (χ4v) is 3.11. The first kappa shape index (κ1) is 13.9. The van der Waals surface area contributed by atoms with E-state index < -0.39 is 0 Å². The van der Waals surface area contributed by atoms with Gasteiger partial charge < -0.3 is 18.3 Å². The topological polar surface area (TPSA) is 73.8 Å². The molecule has 0 radical (unpaired) electrons. The number of nitrogens with zero attached hydrogens (tertiary/aromatic N) is 3. The van der Waals surface area contributed by atoms with Gasteiger partial charge >= 0.3 is 0 Å². The van der Waals surface area contributed by atoms with Gasteiger partial charge in [-0.3, -0.25) is 4.90 Å². The smallest absolute Gasteiger partial charge is 0.283 e. The third-order valence-electron chi connectivity index (χ3n) is 4.13. The van der Waals surface area contributed by atoms with Gasteiger partial charge in [-0.2, -0.15) is 0 Å². The average Bonchev–Trinajstić information content (AvgIpc) is 3.29. The Balaban J connectivity index is 1.38. The van der Waals surface area contributed by atoms with Crippen LogP contribution >= 0.6 is 0 Å². The molecule has 2 saturated heterocycles. The Morgan fingerprint density at radius 1 is 1.23 bits per heavy atom. The van der Waals surface area contributed by atoms with Crippen molar-refractivity contribution >= 4 is 0 Å². The van der Waals surface area contributed by atoms with Crippen LogP contribution in [-0.4, -0.2) is 47.7 Å². The first-order chi connectivity index (χ1) is 10.9. The van der Waals surface area contributed by atoms with E-state index in [2.05, 4.69) is 15.1 Å². The zero-order valence-corrected chi connectivity index (χ0v) is 12.3. The van der Waals surface area contributed by atoms with Crippen LogP contribution in [0.2, 0.25) is 0 Å². The van der Waals surface area contributed by atoms with Crippen molar-refractivity contribution < 1.29 is 18.3 Å². The zero-order chi connectivity index (χ0) is 14.8. The Morgan fingerprint density at radius 3 is 2.95 bits per heavy atom. The Kier molecular flexibility index (Phi) is 3.92. The van der Waals surface area contributed by atoms with E-state index in [1.165, 1.54) is 0 Å². The summed E-state index contributed by atoms with van der Waals surface area (Å²) in [6.07, 6.45) is 3.82. The lowest BCUT2D eigenvalue weighted by molar-refractivity contribution is -0.101. The minimum absolute atomic E-state index is 0.0517. The maximum absolute atomic E-state index is 5.67. The summed E-state index contributed by atoms with van der Waals surface area (Å²) in [6, 6.07) is 3.61. The van der Waals surface area contributed by atoms with E-state index in [-0.39, 0.29) is 6.29 Å². The molecule has 22 heavy (non-hydrogen) atoms. The molecule has 2 aromatic heterocycles. The lowest BCUT2D eigenvalue weighted by Crippen LogP contribution is -2.40. The molecule has 2 fully saturated rings. The lowest BCUT2D eigenvalue weighted by Gasteiger charge is -2.33. The van der Waals surface area contributed by atoms with Crippen molar-refractivity contribution in [3.8, 4) is 11.7 Å². The van der Waals surface area contributed by atoms with Gasteiger partial charge in [0.2, 0.25) is 5.89 Å². The van der Waals surface area contributed by atoms with Crippen LogP contribution in [0, 0.1) is 5.92 Å². The molecule has 2 aliphatic heterocycles. The largest absolute Gasteiger partial charge is 0.459 e. The second kappa shape index (κ2) is 6.20. The third-order valence-corrected chi connectivity index (χ3v) is 4.13. The summed E-state index contributed by atoms with van der Waals surface area (Å²) in [5, 5.41) is 8.14. The number of rotatable bonds is 4. The van der Waals surface area contributed by atoms with Gasteiger partial charge in [0.15, 0.2) is 12.1 Å². The second-order valence-electron chi connectivity index (χ2n) is 5.73. The van der Waals surface area contributed by atoms with E-state index in [1.54, 1.807) is 12.3 Å². The van der Waals surface area contributed by atoms with Crippen molar-refractivity contribution in [3.05, 3.63) is 24.3 Å². The number of likely N-dealkylation sites (tertiary alicyclic amines) is 1. The lowest BCUT2D eigenvalue weighted by atomic mass is 9.97. The molecule has 2 aliphatic rings. The van der Waals surface area contributed by atoms with Crippen molar-refractivity contribution in [2.24, 2.45) is 5.92 Å². The van der Waals surface area contributed by atoms with Crippen LogP contribution < -0.4 is 0 Å². The van der Waals surface area contributed by atoms with Crippen LogP contribution in [0.4, 0.5) is 0 Å². The zero-order valence-electron chi connectivity index (χ0n) is 12.3. The summed E-state index contributed by atoms with van der Waals surface area (Å²) < 4.78 is 22.2. The van der Waals surface area contributed by atoms with Gasteiger partial charge in [0.05, 0.1) is 26.0 Å². The number of aromatic nitrogens is 2. The number of ether oxygens (including phenoxy) is 2. The molecular weight excluding hydrogens is 286 g/mol. The molecule has 0 aliphatic carbocycles. The highest BCUT2D eigenvalue weighted by Gasteiger charge is 2.31. The molecule has 0 bridgehead atoms. The third kappa shape index (κ3) is 2.92. The average molecular weight is 305 g/mol. The standard InChI is InChI=1S/C15H19N3O4/c1-3-11(15-20-7-8-21-15)9-18(5-1)10-13-16-17-14(22-13)12-4-2-6-19-12/h2,4,6,11,15H,1,3,5,7-10H2. The number of hydrogen-bond donors (Lipinski definition) is 0. The molecule has 0 N–H and O–H groups in total. The molecule has 0 saturated carbocycles. The summed E-state index contributed by atoms with van der Waals surface area (Å²) >= 11 is 0. The molecule has 0 spiro atoms. The summed E-state index contributed by atoms with van der Waals surface area (Å²) in [5.41, 5.74) is 0. The fourth-order valence-electron chi connectivity index (χ4n) is 3.11. The molecule has 118 valence electrons. The van der Waals surface area contributed by atoms with Crippen LogP contribution in [0.15, 0.2) is 27.2 Å². The molecule has 4 rings (SSSR count). The van der Waals surface area contributed by atoms with E-state index in [4.69, 9.17) is 18.3 Å². The van der Waals surface area contributed by atoms with Crippen molar-refractivity contribution in [2.45, 2.75) is 25.7 Å². The van der Waals surface area contributed by atoms with Gasteiger partial charge in [0.25, 0.3) is 5.89 Å². The Labute approximate surface area is 128 Å². The highest BCUT2D eigenvalue weighted by Crippen LogP contribution is 2.26. The molecule has 1 unspecified atom stereocenters. The summed E-state index contributed by atoms with van der Waals surface area (Å²) in [7, 11) is 0. The molecule has 1 atom stereocenters. The van der Waals surface area contributed by atoms with Crippen LogP contribution in [0.1, 0.15) is 18.7 Å². The number of hydrogen-bond acceptors (Lipinski definition) is 7. The van der Waals surface area contributed by atoms with Crippen molar-refractivity contribution in [1.82, 2.24) is 15.1 Å². The van der Waals surface area contributed by atoms with Crippen LogP contribution in [0.3, 0.4) is 0 Å². The molecule has 0 aromatic carbocycles. The predicted octanol–water partition coefficient (Wildman–Crippen LogP) is 1.91. The van der Waals surface area contributed by atoms with E-state index in [0.717, 1.165) is 25.9 Å². The quantitative estimate of drug-likeness (QED) is 0.854. The minimum Gasteiger partial charge on any atom is -0.459 e. The van der Waals surface area contributed by atoms with Gasteiger partial charge in [-0.25, -0.2) is 0 Å². The van der Waals surface area contributed by atoms with E-state index in [1.807, 2.05) is 6.07 Å². The summed E-state index contributed by atoms with van der Waals surface area (Å²) in [5.74, 6) is 2.06. The SMILES string of the molecule is c1coc(-c2nnc(CN3CCCC(C4OCCO4)C3)o2)c1. The van der Waals surface area contributed by atoms with Crippen molar-refractivity contribution in [2.75, 3.05) is 26.3 Å². The molecule has 7 heteroatoms. The van der Waals surface area contributed by atoms with Crippen LogP contribution in [0.5, 0.6) is 0 Å². The fraction of sp³-hybridized carbons (Fsp3) is 0.600. The van der Waals surface area contributed by atoms with Gasteiger partial charge in [0, 0.05) is 12.5 Å². The first-order valence-electron chi connectivity index (χ1n) is 7.70. The number of piperidine rings is 1. The van der Waals surface area contributed by atoms with Gasteiger partial charge in [0.1, 0.15) is 0 Å². The van der Waals surface area contributed by atoms with Crippen molar-refractivity contribution in [3.63, 3.8) is 0 Å². The molecule has 4 heterocycles. The van der Waals surface area contributed by atoms with Crippen LogP contribution in [-0.2, 0) is 16.0 Å². The molecular formula is C15H19N3O4. The molecule has 0 amide bonds. The predicted molar refractivity (Wildman–Crippen MR) is 75.7 cm³/mol. The summed E-state index contributed by atoms with van der Waals surface area (Å²) in [4.78, 5) is 2.32. The second-order valence-corrected chi connectivity index (χ2v) is 5.73. The van der Waals surface area contributed by atoms with Crippen molar-refractivity contribution in [1.29, 1.82) is 0 Å². The van der Waals surface area contributed by atoms with E-state index in [0.29, 0.717) is 43.2 Å². The van der Waals surface area contributed by atoms with E-state index >= 15 is 0 Å². The molecule has 7 nitrogen and oxygen atoms in total. The number of furan rings is 1. The van der Waals surface area contributed by atoms with Gasteiger partial charge in [-0.15, -0.1) is 10.2 Å². The molecule has 2 aromatic rings. The van der Waals surface area contributed by atoms with Gasteiger partial charge in [-0.1, -0.05) is 0 Å². The minimum atomic E-state index is -0.0517. The van der Waals surface area contributed by atoms with Crippen LogP contribution in [0.25, 0.3) is 11.7 Å². The first-order valence-corrected chi connectivity index (χ1v) is 7.70. The highest BCUT2D eigenvalue weighted by atomic mass is 16.7. The Morgan fingerprint density at radius 2 is 2.14 bits per heavy atom.